The van der Waals surface area contributed by atoms with Crippen LogP contribution in [0.5, 0.6) is 11.5 Å². The van der Waals surface area contributed by atoms with E-state index < -0.39 is 30.1 Å². The maximum Gasteiger partial charge on any atom is 0.323 e. The van der Waals surface area contributed by atoms with Crippen LogP contribution in [-0.4, -0.2) is 42.6 Å². The summed E-state index contributed by atoms with van der Waals surface area (Å²) in [6.45, 7) is 10.4. The van der Waals surface area contributed by atoms with Crippen LogP contribution in [0, 0.1) is 11.8 Å². The third-order valence-electron chi connectivity index (χ3n) is 4.94. The Kier molecular flexibility index (Phi) is 11.6. The van der Waals surface area contributed by atoms with Gasteiger partial charge in [-0.15, -0.1) is 0 Å². The lowest BCUT2D eigenvalue weighted by Gasteiger charge is -2.19. The topological polar surface area (TPSA) is 131 Å². The molecule has 0 saturated heterocycles. The zero-order valence-corrected chi connectivity index (χ0v) is 20.2. The molecule has 1 aromatic carbocycles. The summed E-state index contributed by atoms with van der Waals surface area (Å²) in [5, 5.41) is 0. The second-order valence-corrected chi connectivity index (χ2v) is 8.16. The van der Waals surface area contributed by atoms with Crippen molar-refractivity contribution in [2.45, 2.75) is 73.0 Å². The molecule has 1 rings (SSSR count). The Hall–Kier alpha value is -2.94. The summed E-state index contributed by atoms with van der Waals surface area (Å²) in [6.07, 6.45) is -0.281. The minimum atomic E-state index is -1.00. The second-order valence-electron chi connectivity index (χ2n) is 8.16. The van der Waals surface area contributed by atoms with Crippen molar-refractivity contribution in [1.29, 1.82) is 0 Å². The van der Waals surface area contributed by atoms with Crippen molar-refractivity contribution in [2.24, 2.45) is 17.6 Å². The van der Waals surface area contributed by atoms with Crippen molar-refractivity contribution >= 4 is 23.9 Å². The highest BCUT2D eigenvalue weighted by Crippen LogP contribution is 2.30. The predicted molar refractivity (Wildman–Crippen MR) is 120 cm³/mol. The Labute approximate surface area is 194 Å². The molecule has 0 heterocycles. The molecular formula is C24H35NO8. The van der Waals surface area contributed by atoms with Gasteiger partial charge < -0.3 is 24.7 Å². The molecule has 3 atom stereocenters. The molecule has 1 unspecified atom stereocenters. The van der Waals surface area contributed by atoms with Crippen LogP contribution < -0.4 is 15.2 Å². The Morgan fingerprint density at radius 1 is 0.879 bits per heavy atom. The summed E-state index contributed by atoms with van der Waals surface area (Å²) in [4.78, 5) is 47.7. The molecule has 184 valence electrons. The molecule has 0 amide bonds. The van der Waals surface area contributed by atoms with Crippen LogP contribution in [0.3, 0.4) is 0 Å². The molecule has 33 heavy (non-hydrogen) atoms. The SMILES string of the molecule is CCC(=O)Oc1ccc(C[C@H](N)C(=O)O[C@@H](C)COC(=O)C(C)C(C)C)cc1OC(=O)CC. The van der Waals surface area contributed by atoms with Crippen molar-refractivity contribution in [1.82, 2.24) is 0 Å². The highest BCUT2D eigenvalue weighted by atomic mass is 16.6. The van der Waals surface area contributed by atoms with Crippen LogP contribution in [0.15, 0.2) is 18.2 Å². The van der Waals surface area contributed by atoms with E-state index in [9.17, 15) is 19.2 Å². The molecule has 0 aliphatic carbocycles. The average Bonchev–Trinajstić information content (AvgIpc) is 2.77. The number of nitrogens with two attached hydrogens (primary N) is 1. The van der Waals surface area contributed by atoms with Crippen molar-refractivity contribution in [2.75, 3.05) is 6.61 Å². The Morgan fingerprint density at radius 2 is 1.45 bits per heavy atom. The number of carbonyl (C=O) groups excluding carboxylic acids is 4. The molecule has 0 radical (unpaired) electrons. The lowest BCUT2D eigenvalue weighted by molar-refractivity contribution is -0.161. The van der Waals surface area contributed by atoms with Gasteiger partial charge in [0.05, 0.1) is 5.92 Å². The van der Waals surface area contributed by atoms with E-state index in [1.54, 1.807) is 33.8 Å². The Bertz CT molecular complexity index is 836. The number of esters is 4. The minimum absolute atomic E-state index is 0.0665. The highest BCUT2D eigenvalue weighted by molar-refractivity contribution is 5.77. The number of hydrogen-bond acceptors (Lipinski definition) is 9. The quantitative estimate of drug-likeness (QED) is 0.365. The Morgan fingerprint density at radius 3 is 2.00 bits per heavy atom. The summed E-state index contributed by atoms with van der Waals surface area (Å²) >= 11 is 0. The minimum Gasteiger partial charge on any atom is -0.462 e. The van der Waals surface area contributed by atoms with Gasteiger partial charge in [0.2, 0.25) is 0 Å². The molecule has 9 nitrogen and oxygen atoms in total. The van der Waals surface area contributed by atoms with Crippen molar-refractivity contribution in [3.63, 3.8) is 0 Å². The van der Waals surface area contributed by atoms with E-state index in [-0.39, 0.29) is 55.2 Å². The van der Waals surface area contributed by atoms with E-state index in [0.29, 0.717) is 5.56 Å². The molecule has 0 spiro atoms. The third kappa shape index (κ3) is 9.61. The standard InChI is InChI=1S/C24H35NO8/c1-7-21(26)32-19-10-9-17(12-20(19)33-22(27)8-2)11-18(25)24(29)31-15(5)13-30-23(28)16(6)14(3)4/h9-10,12,14-16,18H,7-8,11,13,25H2,1-6H3/t15-,16?,18-/m0/s1. The fraction of sp³-hybridized carbons (Fsp3) is 0.583. The van der Waals surface area contributed by atoms with Crippen LogP contribution in [0.4, 0.5) is 0 Å². The fourth-order valence-electron chi connectivity index (χ4n) is 2.49. The number of hydrogen-bond donors (Lipinski definition) is 1. The first kappa shape index (κ1) is 28.1. The van der Waals surface area contributed by atoms with Gasteiger partial charge in [-0.05, 0) is 37.0 Å². The fourth-order valence-corrected chi connectivity index (χ4v) is 2.49. The second kappa shape index (κ2) is 13.6. The van der Waals surface area contributed by atoms with Crippen molar-refractivity contribution in [3.8, 4) is 11.5 Å². The molecule has 0 aliphatic rings. The summed E-state index contributed by atoms with van der Waals surface area (Å²) in [5.41, 5.74) is 6.57. The third-order valence-corrected chi connectivity index (χ3v) is 4.94. The van der Waals surface area contributed by atoms with Gasteiger partial charge in [-0.25, -0.2) is 0 Å². The lowest BCUT2D eigenvalue weighted by Crippen LogP contribution is -2.37. The molecule has 1 aromatic rings. The molecular weight excluding hydrogens is 430 g/mol. The van der Waals surface area contributed by atoms with E-state index in [4.69, 9.17) is 24.7 Å². The van der Waals surface area contributed by atoms with Crippen molar-refractivity contribution in [3.05, 3.63) is 23.8 Å². The molecule has 0 aromatic heterocycles. The normalized spacial score (nSPS) is 13.6. The zero-order valence-electron chi connectivity index (χ0n) is 20.2. The molecule has 0 fully saturated rings. The molecule has 0 aliphatic heterocycles. The van der Waals surface area contributed by atoms with Crippen LogP contribution in [0.1, 0.15) is 59.9 Å². The summed E-state index contributed by atoms with van der Waals surface area (Å²) in [5.74, 6) is -1.93. The van der Waals surface area contributed by atoms with Gasteiger partial charge in [0.1, 0.15) is 18.8 Å². The molecule has 0 bridgehead atoms. The van der Waals surface area contributed by atoms with Gasteiger partial charge in [0.25, 0.3) is 0 Å². The van der Waals surface area contributed by atoms with Gasteiger partial charge in [-0.2, -0.15) is 0 Å². The monoisotopic (exact) mass is 465 g/mol. The molecule has 2 N–H and O–H groups in total. The lowest BCUT2D eigenvalue weighted by atomic mass is 9.99. The van der Waals surface area contributed by atoms with Gasteiger partial charge >= 0.3 is 23.9 Å². The van der Waals surface area contributed by atoms with E-state index in [2.05, 4.69) is 0 Å². The van der Waals surface area contributed by atoms with Gasteiger partial charge in [0, 0.05) is 12.8 Å². The molecule has 9 heteroatoms. The van der Waals surface area contributed by atoms with E-state index >= 15 is 0 Å². The number of rotatable bonds is 12. The van der Waals surface area contributed by atoms with Crippen LogP contribution in [0.25, 0.3) is 0 Å². The van der Waals surface area contributed by atoms with Crippen LogP contribution >= 0.6 is 0 Å². The van der Waals surface area contributed by atoms with E-state index in [0.717, 1.165) is 0 Å². The summed E-state index contributed by atoms with van der Waals surface area (Å²) < 4.78 is 20.9. The average molecular weight is 466 g/mol. The zero-order chi connectivity index (χ0) is 25.1. The number of benzene rings is 1. The predicted octanol–water partition coefficient (Wildman–Crippen LogP) is 2.95. The first-order valence-electron chi connectivity index (χ1n) is 11.1. The highest BCUT2D eigenvalue weighted by Gasteiger charge is 2.23. The van der Waals surface area contributed by atoms with E-state index in [1.807, 2.05) is 13.8 Å². The number of ether oxygens (including phenoxy) is 4. The van der Waals surface area contributed by atoms with E-state index in [1.165, 1.54) is 12.1 Å². The van der Waals surface area contributed by atoms with Gasteiger partial charge in [0.15, 0.2) is 11.5 Å². The summed E-state index contributed by atoms with van der Waals surface area (Å²) in [7, 11) is 0. The molecule has 0 saturated carbocycles. The Balaban J connectivity index is 2.76. The first-order chi connectivity index (χ1) is 15.5. The summed E-state index contributed by atoms with van der Waals surface area (Å²) in [6, 6.07) is 3.60. The largest absolute Gasteiger partial charge is 0.462 e. The maximum atomic E-state index is 12.4. The van der Waals surface area contributed by atoms with Gasteiger partial charge in [-0.3, -0.25) is 19.2 Å². The van der Waals surface area contributed by atoms with Gasteiger partial charge in [-0.1, -0.05) is 40.7 Å². The van der Waals surface area contributed by atoms with Crippen LogP contribution in [0.2, 0.25) is 0 Å². The van der Waals surface area contributed by atoms with Crippen molar-refractivity contribution < 1.29 is 38.1 Å². The first-order valence-corrected chi connectivity index (χ1v) is 11.1. The smallest absolute Gasteiger partial charge is 0.323 e. The maximum absolute atomic E-state index is 12.4. The number of carbonyl (C=O) groups is 4. The van der Waals surface area contributed by atoms with Crippen LogP contribution in [-0.2, 0) is 35.1 Å².